The molecule has 0 radical (unpaired) electrons. The van der Waals surface area contributed by atoms with Gasteiger partial charge in [0.25, 0.3) is 0 Å². The number of rotatable bonds is 0. The minimum absolute atomic E-state index is 0.671. The molecule has 2 aliphatic rings. The highest BCUT2D eigenvalue weighted by molar-refractivity contribution is 5.08. The van der Waals surface area contributed by atoms with Crippen LogP contribution in [0.4, 0.5) is 0 Å². The second kappa shape index (κ2) is 1.94. The molecule has 0 aromatic heterocycles. The lowest BCUT2D eigenvalue weighted by Crippen LogP contribution is -2.50. The van der Waals surface area contributed by atoms with Crippen molar-refractivity contribution in [2.24, 2.45) is 0 Å². The number of fused-ring (bicyclic) bond motifs is 1. The Morgan fingerprint density at radius 3 is 3.20 bits per heavy atom. The molecule has 0 aromatic rings. The van der Waals surface area contributed by atoms with Crippen LogP contribution in [0.15, 0.2) is 24.4 Å². The molecule has 2 atom stereocenters. The first-order chi connectivity index (χ1) is 4.81. The van der Waals surface area contributed by atoms with Crippen molar-refractivity contribution in [2.45, 2.75) is 12.5 Å². The quantitative estimate of drug-likeness (QED) is 0.487. The number of likely N-dealkylation sites (N-methyl/N-ethyl adjacent to an activating group) is 1. The maximum absolute atomic E-state index is 3.43. The fraction of sp³-hybridized carbons (Fsp3) is 0.500. The van der Waals surface area contributed by atoms with Gasteiger partial charge in [-0.2, -0.15) is 5.43 Å². The Hall–Kier alpha value is -0.600. The predicted molar refractivity (Wildman–Crippen MR) is 40.9 cm³/mol. The largest absolute Gasteiger partial charge is 0.217 e. The Labute approximate surface area is 61.4 Å². The van der Waals surface area contributed by atoms with Crippen molar-refractivity contribution in [3.63, 3.8) is 0 Å². The lowest BCUT2D eigenvalue weighted by Gasteiger charge is -2.30. The van der Waals surface area contributed by atoms with Gasteiger partial charge in [-0.15, -0.1) is 0 Å². The molecule has 2 unspecified atom stereocenters. The Bertz CT molecular complexity index is 195. The lowest BCUT2D eigenvalue weighted by molar-refractivity contribution is -0.908. The first-order valence-electron chi connectivity index (χ1n) is 3.78. The molecule has 2 aliphatic heterocycles. The summed E-state index contributed by atoms with van der Waals surface area (Å²) < 4.78 is 0.899. The first kappa shape index (κ1) is 6.13. The van der Waals surface area contributed by atoms with Gasteiger partial charge >= 0.3 is 0 Å². The molecule has 0 aliphatic carbocycles. The van der Waals surface area contributed by atoms with Crippen molar-refractivity contribution in [1.82, 2.24) is 5.43 Å². The summed E-state index contributed by atoms with van der Waals surface area (Å²) in [7, 11) is 2.21. The molecule has 0 saturated carbocycles. The highest BCUT2D eigenvalue weighted by atomic mass is 15.7. The summed E-state index contributed by atoms with van der Waals surface area (Å²) in [6.07, 6.45) is 9.99. The van der Waals surface area contributed by atoms with E-state index in [0.717, 1.165) is 11.1 Å². The minimum Gasteiger partial charge on any atom is -0.217 e. The molecule has 0 amide bonds. The highest BCUT2D eigenvalue weighted by Crippen LogP contribution is 2.21. The molecule has 2 heteroatoms. The lowest BCUT2D eigenvalue weighted by atomic mass is 10.1. The van der Waals surface area contributed by atoms with Crippen LogP contribution in [0, 0.1) is 0 Å². The zero-order valence-electron chi connectivity index (χ0n) is 6.25. The van der Waals surface area contributed by atoms with Crippen molar-refractivity contribution in [1.29, 1.82) is 0 Å². The van der Waals surface area contributed by atoms with Gasteiger partial charge in [-0.3, -0.25) is 0 Å². The van der Waals surface area contributed by atoms with Crippen LogP contribution in [-0.4, -0.2) is 24.2 Å². The molecular weight excluding hydrogens is 124 g/mol. The van der Waals surface area contributed by atoms with E-state index < -0.39 is 0 Å². The molecule has 2 rings (SSSR count). The summed E-state index contributed by atoms with van der Waals surface area (Å²) >= 11 is 0. The van der Waals surface area contributed by atoms with Crippen molar-refractivity contribution in [3.05, 3.63) is 24.4 Å². The van der Waals surface area contributed by atoms with Gasteiger partial charge in [-0.25, -0.2) is 4.59 Å². The van der Waals surface area contributed by atoms with Gasteiger partial charge < -0.3 is 0 Å². The number of nitrogens with zero attached hydrogens (tertiary/aromatic N) is 1. The van der Waals surface area contributed by atoms with Gasteiger partial charge in [0.05, 0.1) is 13.6 Å². The third-order valence-corrected chi connectivity index (χ3v) is 2.42. The van der Waals surface area contributed by atoms with Crippen LogP contribution in [-0.2, 0) is 0 Å². The molecule has 0 bridgehead atoms. The van der Waals surface area contributed by atoms with E-state index in [9.17, 15) is 0 Å². The van der Waals surface area contributed by atoms with Gasteiger partial charge in [0.15, 0.2) is 0 Å². The van der Waals surface area contributed by atoms with Crippen LogP contribution in [0.3, 0.4) is 0 Å². The number of hydrogen-bond acceptors (Lipinski definition) is 1. The van der Waals surface area contributed by atoms with Crippen molar-refractivity contribution in [3.8, 4) is 0 Å². The highest BCUT2D eigenvalue weighted by Gasteiger charge is 2.35. The summed E-state index contributed by atoms with van der Waals surface area (Å²) in [4.78, 5) is 0. The molecule has 0 aromatic carbocycles. The number of hydrogen-bond donors (Lipinski definition) is 1. The molecule has 2 heterocycles. The van der Waals surface area contributed by atoms with Gasteiger partial charge in [-0.1, -0.05) is 6.08 Å². The van der Waals surface area contributed by atoms with Gasteiger partial charge in [0.2, 0.25) is 0 Å². The normalized spacial score (nSPS) is 43.9. The maximum Gasteiger partial charge on any atom is 0.131 e. The van der Waals surface area contributed by atoms with E-state index in [2.05, 4.69) is 36.9 Å². The minimum atomic E-state index is 0.671. The van der Waals surface area contributed by atoms with Crippen molar-refractivity contribution < 1.29 is 4.59 Å². The van der Waals surface area contributed by atoms with E-state index in [-0.39, 0.29) is 0 Å². The summed E-state index contributed by atoms with van der Waals surface area (Å²) in [6, 6.07) is 0.671. The first-order valence-corrected chi connectivity index (χ1v) is 3.78. The average Bonchev–Trinajstić information content (AvgIpc) is 2.29. The molecule has 1 fully saturated rings. The van der Waals surface area contributed by atoms with Crippen LogP contribution < -0.4 is 5.43 Å². The monoisotopic (exact) mass is 137 g/mol. The Morgan fingerprint density at radius 1 is 1.50 bits per heavy atom. The summed E-state index contributed by atoms with van der Waals surface area (Å²) in [5.74, 6) is 0. The third kappa shape index (κ3) is 0.728. The molecule has 10 heavy (non-hydrogen) atoms. The topological polar surface area (TPSA) is 12.0 Å². The Morgan fingerprint density at radius 2 is 2.40 bits per heavy atom. The Balaban J connectivity index is 2.30. The van der Waals surface area contributed by atoms with E-state index >= 15 is 0 Å². The van der Waals surface area contributed by atoms with Crippen LogP contribution in [0.5, 0.6) is 0 Å². The predicted octanol–water partition coefficient (Wildman–Crippen LogP) is 0.793. The smallest absolute Gasteiger partial charge is 0.131 e. The summed E-state index contributed by atoms with van der Waals surface area (Å²) in [5.41, 5.74) is 3.43. The van der Waals surface area contributed by atoms with E-state index in [1.54, 1.807) is 0 Å². The average molecular weight is 137 g/mol. The van der Waals surface area contributed by atoms with Crippen molar-refractivity contribution in [2.75, 3.05) is 13.6 Å². The van der Waals surface area contributed by atoms with Crippen LogP contribution in [0.2, 0.25) is 0 Å². The van der Waals surface area contributed by atoms with E-state index in [1.165, 1.54) is 6.42 Å². The third-order valence-electron chi connectivity index (χ3n) is 2.42. The molecule has 1 N–H and O–H groups in total. The zero-order valence-corrected chi connectivity index (χ0v) is 6.25. The van der Waals surface area contributed by atoms with Crippen LogP contribution >= 0.6 is 0 Å². The number of quaternary nitrogens is 1. The van der Waals surface area contributed by atoms with E-state index in [4.69, 9.17) is 0 Å². The van der Waals surface area contributed by atoms with E-state index in [0.29, 0.717) is 6.04 Å². The van der Waals surface area contributed by atoms with Crippen LogP contribution in [0.25, 0.3) is 0 Å². The molecular formula is C8H13N2+. The van der Waals surface area contributed by atoms with Crippen molar-refractivity contribution >= 4 is 0 Å². The number of nitrogens with one attached hydrogen (secondary N) is 1. The van der Waals surface area contributed by atoms with Gasteiger partial charge in [-0.05, 0) is 12.2 Å². The van der Waals surface area contributed by atoms with Gasteiger partial charge in [0, 0.05) is 6.42 Å². The second-order valence-corrected chi connectivity index (χ2v) is 3.14. The standard InChI is InChI=1S/C8H13N2/c1-10-7-3-2-4-8(10)5-6-9-10/h2-4,7-9H,5-6H2,1H3/q+1. The SMILES string of the molecule is C[N+]12C=CC=CC1CCN2. The molecule has 54 valence electrons. The van der Waals surface area contributed by atoms with Gasteiger partial charge in [0.1, 0.15) is 12.2 Å². The molecule has 1 saturated heterocycles. The molecule has 0 spiro atoms. The zero-order chi connectivity index (χ0) is 7.03. The van der Waals surface area contributed by atoms with E-state index in [1.807, 2.05) is 0 Å². The second-order valence-electron chi connectivity index (χ2n) is 3.14. The summed E-state index contributed by atoms with van der Waals surface area (Å²) in [5, 5.41) is 0. The Kier molecular flexibility index (Phi) is 1.19. The molecule has 2 nitrogen and oxygen atoms in total. The number of allylic oxidation sites excluding steroid dienone is 2. The fourth-order valence-corrected chi connectivity index (χ4v) is 1.70. The maximum atomic E-state index is 3.43. The summed E-state index contributed by atoms with van der Waals surface area (Å²) in [6.45, 7) is 1.13. The fourth-order valence-electron chi connectivity index (χ4n) is 1.70. The van der Waals surface area contributed by atoms with Crippen LogP contribution in [0.1, 0.15) is 6.42 Å².